The van der Waals surface area contributed by atoms with Crippen LogP contribution in [0.4, 0.5) is 0 Å². The Bertz CT molecular complexity index is 1330. The molecule has 2 aromatic carbocycles. The van der Waals surface area contributed by atoms with Gasteiger partial charge in [-0.1, -0.05) is 104 Å². The van der Waals surface area contributed by atoms with Gasteiger partial charge in [0, 0.05) is 32.1 Å². The Kier molecular flexibility index (Phi) is 8.41. The van der Waals surface area contributed by atoms with Crippen molar-refractivity contribution in [3.63, 3.8) is 0 Å². The number of hydrogen-bond donors (Lipinski definition) is 0. The molecule has 5 rings (SSSR count). The molecule has 0 bridgehead atoms. The number of tetrazole rings is 1. The lowest BCUT2D eigenvalue weighted by atomic mass is 10.00. The Labute approximate surface area is 226 Å². The summed E-state index contributed by atoms with van der Waals surface area (Å²) in [5.74, 6) is 1.10. The molecular formula is C32H38N6. The first kappa shape index (κ1) is 26.0. The molecule has 1 fully saturated rings. The lowest BCUT2D eigenvalue weighted by molar-refractivity contribution is 0.219. The molecule has 6 heteroatoms. The number of aromatic nitrogens is 4. The highest BCUT2D eigenvalue weighted by Gasteiger charge is 2.31. The van der Waals surface area contributed by atoms with Gasteiger partial charge in [-0.3, -0.25) is 9.80 Å². The standard InChI is InChI=1S/C32H38N6/c1-25-12-9-18-29(24-25)31(32-33-34-35-38(32)30-26(2)13-7-8-14-27(30)3)37-21-11-20-36(22-23-37)19-10-17-28-15-5-4-6-16-28/h4-10,12-18,24,26,31H,11,19-23H2,1-3H3/b17-10+. The van der Waals surface area contributed by atoms with Gasteiger partial charge in [0.05, 0.1) is 11.7 Å². The quantitative estimate of drug-likeness (QED) is 0.406. The molecule has 0 amide bonds. The zero-order valence-electron chi connectivity index (χ0n) is 22.7. The summed E-state index contributed by atoms with van der Waals surface area (Å²) in [7, 11) is 0. The van der Waals surface area contributed by atoms with Crippen LogP contribution in [0.2, 0.25) is 0 Å². The first-order valence-electron chi connectivity index (χ1n) is 13.7. The van der Waals surface area contributed by atoms with Crippen LogP contribution >= 0.6 is 0 Å². The minimum atomic E-state index is -0.0200. The van der Waals surface area contributed by atoms with Crippen LogP contribution < -0.4 is 0 Å². The maximum Gasteiger partial charge on any atom is 0.177 e. The molecule has 0 spiro atoms. The molecular weight excluding hydrogens is 468 g/mol. The van der Waals surface area contributed by atoms with Crippen molar-refractivity contribution >= 4 is 11.8 Å². The summed E-state index contributed by atoms with van der Waals surface area (Å²) in [6.07, 6.45) is 14.2. The largest absolute Gasteiger partial charge is 0.298 e. The van der Waals surface area contributed by atoms with Crippen molar-refractivity contribution in [1.29, 1.82) is 0 Å². The third-order valence-electron chi connectivity index (χ3n) is 7.48. The number of aryl methyl sites for hydroxylation is 1. The fourth-order valence-electron chi connectivity index (χ4n) is 5.56. The average molecular weight is 507 g/mol. The Balaban J connectivity index is 1.42. The van der Waals surface area contributed by atoms with Crippen LogP contribution in [-0.2, 0) is 0 Å². The zero-order chi connectivity index (χ0) is 26.3. The van der Waals surface area contributed by atoms with E-state index in [1.165, 1.54) is 22.3 Å². The summed E-state index contributed by atoms with van der Waals surface area (Å²) in [4.78, 5) is 5.12. The molecule has 2 atom stereocenters. The van der Waals surface area contributed by atoms with Crippen LogP contribution in [0.1, 0.15) is 48.8 Å². The molecule has 0 N–H and O–H groups in total. The summed E-state index contributed by atoms with van der Waals surface area (Å²) in [6, 6.07) is 19.3. The van der Waals surface area contributed by atoms with E-state index in [-0.39, 0.29) is 12.0 Å². The monoisotopic (exact) mass is 506 g/mol. The van der Waals surface area contributed by atoms with E-state index in [2.05, 4.69) is 137 Å². The Morgan fingerprint density at radius 2 is 1.84 bits per heavy atom. The first-order chi connectivity index (χ1) is 18.6. The van der Waals surface area contributed by atoms with Gasteiger partial charge in [-0.05, 0) is 53.9 Å². The van der Waals surface area contributed by atoms with Crippen LogP contribution in [0.15, 0.2) is 90.6 Å². The van der Waals surface area contributed by atoms with E-state index in [0.29, 0.717) is 0 Å². The van der Waals surface area contributed by atoms with E-state index in [1.807, 2.05) is 4.68 Å². The number of nitrogens with zero attached hydrogens (tertiary/aromatic N) is 6. The van der Waals surface area contributed by atoms with Gasteiger partial charge in [0.25, 0.3) is 0 Å². The van der Waals surface area contributed by atoms with Gasteiger partial charge < -0.3 is 0 Å². The van der Waals surface area contributed by atoms with Crippen molar-refractivity contribution in [3.8, 4) is 0 Å². The highest BCUT2D eigenvalue weighted by atomic mass is 15.6. The van der Waals surface area contributed by atoms with Crippen molar-refractivity contribution in [3.05, 3.63) is 113 Å². The Morgan fingerprint density at radius 1 is 0.974 bits per heavy atom. The van der Waals surface area contributed by atoms with Crippen LogP contribution in [0, 0.1) is 12.8 Å². The van der Waals surface area contributed by atoms with Crippen LogP contribution in [0.5, 0.6) is 0 Å². The summed E-state index contributed by atoms with van der Waals surface area (Å²) in [5, 5.41) is 13.4. The van der Waals surface area contributed by atoms with E-state index in [0.717, 1.165) is 50.7 Å². The molecule has 3 aromatic rings. The minimum absolute atomic E-state index is 0.0200. The molecule has 0 saturated carbocycles. The van der Waals surface area contributed by atoms with Gasteiger partial charge in [-0.15, -0.1) is 5.10 Å². The lowest BCUT2D eigenvalue weighted by Gasteiger charge is -2.31. The highest BCUT2D eigenvalue weighted by molar-refractivity contribution is 5.59. The Morgan fingerprint density at radius 3 is 2.68 bits per heavy atom. The second-order valence-corrected chi connectivity index (χ2v) is 10.4. The zero-order valence-corrected chi connectivity index (χ0v) is 22.7. The first-order valence-corrected chi connectivity index (χ1v) is 13.7. The fourth-order valence-corrected chi connectivity index (χ4v) is 5.56. The minimum Gasteiger partial charge on any atom is -0.298 e. The van der Waals surface area contributed by atoms with Crippen molar-refractivity contribution < 1.29 is 0 Å². The predicted molar refractivity (Wildman–Crippen MR) is 155 cm³/mol. The SMILES string of the molecule is CC1=C(n2nnnc2C(c2cccc(C)c2)N2CCCN(C/C=C/c3ccccc3)CC2)C(C)C=CC=C1. The molecule has 196 valence electrons. The van der Waals surface area contributed by atoms with Crippen molar-refractivity contribution in [2.45, 2.75) is 33.2 Å². The van der Waals surface area contributed by atoms with E-state index < -0.39 is 0 Å². The van der Waals surface area contributed by atoms with Gasteiger partial charge in [0.15, 0.2) is 5.82 Å². The molecule has 2 unspecified atom stereocenters. The van der Waals surface area contributed by atoms with Gasteiger partial charge in [-0.25, -0.2) is 0 Å². The fraction of sp³-hybridized carbons (Fsp3) is 0.344. The molecule has 2 heterocycles. The molecule has 1 aliphatic carbocycles. The van der Waals surface area contributed by atoms with Gasteiger partial charge in [0.2, 0.25) is 0 Å². The van der Waals surface area contributed by atoms with E-state index in [1.54, 1.807) is 0 Å². The normalized spacial score (nSPS) is 20.1. The molecule has 6 nitrogen and oxygen atoms in total. The maximum atomic E-state index is 4.66. The average Bonchev–Trinajstić information content (AvgIpc) is 3.16. The topological polar surface area (TPSA) is 50.1 Å². The molecule has 0 radical (unpaired) electrons. The van der Waals surface area contributed by atoms with E-state index in [9.17, 15) is 0 Å². The number of allylic oxidation sites excluding steroid dienone is 6. The second-order valence-electron chi connectivity index (χ2n) is 10.4. The number of hydrogen-bond acceptors (Lipinski definition) is 5. The van der Waals surface area contributed by atoms with Gasteiger partial charge in [0.1, 0.15) is 0 Å². The molecule has 2 aliphatic rings. The smallest absolute Gasteiger partial charge is 0.177 e. The summed E-state index contributed by atoms with van der Waals surface area (Å²) >= 11 is 0. The van der Waals surface area contributed by atoms with Crippen molar-refractivity contribution in [2.24, 2.45) is 5.92 Å². The summed E-state index contributed by atoms with van der Waals surface area (Å²) in [5.41, 5.74) is 6.06. The number of rotatable bonds is 7. The van der Waals surface area contributed by atoms with Crippen molar-refractivity contribution in [1.82, 2.24) is 30.0 Å². The second kappa shape index (κ2) is 12.3. The van der Waals surface area contributed by atoms with Crippen molar-refractivity contribution in [2.75, 3.05) is 32.7 Å². The van der Waals surface area contributed by atoms with E-state index >= 15 is 0 Å². The third-order valence-corrected chi connectivity index (χ3v) is 7.48. The molecule has 1 saturated heterocycles. The third kappa shape index (κ3) is 6.09. The molecule has 1 aromatic heterocycles. The highest BCUT2D eigenvalue weighted by Crippen LogP contribution is 2.33. The Hall–Kier alpha value is -3.61. The molecule has 1 aliphatic heterocycles. The van der Waals surface area contributed by atoms with Crippen LogP contribution in [0.3, 0.4) is 0 Å². The predicted octanol–water partition coefficient (Wildman–Crippen LogP) is 5.79. The lowest BCUT2D eigenvalue weighted by Crippen LogP contribution is -2.36. The maximum absolute atomic E-state index is 4.66. The summed E-state index contributed by atoms with van der Waals surface area (Å²) in [6.45, 7) is 11.5. The van der Waals surface area contributed by atoms with Crippen LogP contribution in [0.25, 0.3) is 11.8 Å². The molecule has 38 heavy (non-hydrogen) atoms. The number of benzene rings is 2. The van der Waals surface area contributed by atoms with Gasteiger partial charge >= 0.3 is 0 Å². The van der Waals surface area contributed by atoms with Crippen LogP contribution in [-0.4, -0.2) is 62.7 Å². The van der Waals surface area contributed by atoms with Gasteiger partial charge in [-0.2, -0.15) is 4.68 Å². The summed E-state index contributed by atoms with van der Waals surface area (Å²) < 4.78 is 2.00. The van der Waals surface area contributed by atoms with E-state index in [4.69, 9.17) is 0 Å².